The van der Waals surface area contributed by atoms with Crippen LogP contribution in [0.2, 0.25) is 0 Å². The van der Waals surface area contributed by atoms with Crippen LogP contribution in [0.4, 0.5) is 0 Å². The van der Waals surface area contributed by atoms with Gasteiger partial charge < -0.3 is 10.0 Å². The molecule has 1 fully saturated rings. The molecule has 1 aliphatic heterocycles. The Bertz CT molecular complexity index is 348. The standard InChI is InChI=1S/C13H19NO/c1-13(2,15)12-7-5-4-6-11(12)10-8-14(3)9-10/h4-7,10,15H,8-9H2,1-3H3. The summed E-state index contributed by atoms with van der Waals surface area (Å²) in [6.45, 7) is 5.92. The van der Waals surface area contributed by atoms with Crippen LogP contribution in [0.1, 0.15) is 30.9 Å². The summed E-state index contributed by atoms with van der Waals surface area (Å²) in [5.41, 5.74) is 1.65. The summed E-state index contributed by atoms with van der Waals surface area (Å²) in [6.07, 6.45) is 0. The molecule has 0 bridgehead atoms. The minimum atomic E-state index is -0.731. The number of rotatable bonds is 2. The number of hydrogen-bond donors (Lipinski definition) is 1. The average Bonchev–Trinajstić information content (AvgIpc) is 2.12. The zero-order valence-electron chi connectivity index (χ0n) is 9.70. The maximum atomic E-state index is 10.1. The molecule has 1 aliphatic rings. The van der Waals surface area contributed by atoms with Gasteiger partial charge in [0.2, 0.25) is 0 Å². The van der Waals surface area contributed by atoms with Crippen molar-refractivity contribution >= 4 is 0 Å². The Balaban J connectivity index is 2.31. The normalized spacial score (nSPS) is 18.9. The first-order valence-corrected chi connectivity index (χ1v) is 5.49. The van der Waals surface area contributed by atoms with Crippen molar-refractivity contribution in [3.63, 3.8) is 0 Å². The van der Waals surface area contributed by atoms with Gasteiger partial charge in [0.05, 0.1) is 5.60 Å². The molecule has 1 aromatic carbocycles. The first-order chi connectivity index (χ1) is 6.98. The van der Waals surface area contributed by atoms with Gasteiger partial charge >= 0.3 is 0 Å². The molecule has 15 heavy (non-hydrogen) atoms. The smallest absolute Gasteiger partial charge is 0.0843 e. The lowest BCUT2D eigenvalue weighted by atomic mass is 9.83. The first-order valence-electron chi connectivity index (χ1n) is 5.49. The molecule has 0 aromatic heterocycles. The van der Waals surface area contributed by atoms with Crippen molar-refractivity contribution in [3.8, 4) is 0 Å². The van der Waals surface area contributed by atoms with Crippen molar-refractivity contribution < 1.29 is 5.11 Å². The van der Waals surface area contributed by atoms with Gasteiger partial charge in [0, 0.05) is 19.0 Å². The maximum Gasteiger partial charge on any atom is 0.0843 e. The molecule has 0 amide bonds. The topological polar surface area (TPSA) is 23.5 Å². The molecule has 1 saturated heterocycles. The van der Waals surface area contributed by atoms with Crippen molar-refractivity contribution in [3.05, 3.63) is 35.4 Å². The van der Waals surface area contributed by atoms with Crippen molar-refractivity contribution in [1.82, 2.24) is 4.90 Å². The van der Waals surface area contributed by atoms with Crippen LogP contribution < -0.4 is 0 Å². The quantitative estimate of drug-likeness (QED) is 0.797. The van der Waals surface area contributed by atoms with Gasteiger partial charge in [-0.15, -0.1) is 0 Å². The van der Waals surface area contributed by atoms with Gasteiger partial charge in [-0.25, -0.2) is 0 Å². The molecule has 2 nitrogen and oxygen atoms in total. The van der Waals surface area contributed by atoms with E-state index in [0.29, 0.717) is 5.92 Å². The minimum Gasteiger partial charge on any atom is -0.386 e. The number of hydrogen-bond acceptors (Lipinski definition) is 2. The van der Waals surface area contributed by atoms with E-state index in [0.717, 1.165) is 18.7 Å². The van der Waals surface area contributed by atoms with Crippen molar-refractivity contribution in [1.29, 1.82) is 0 Å². The van der Waals surface area contributed by atoms with Crippen molar-refractivity contribution in [2.45, 2.75) is 25.4 Å². The summed E-state index contributed by atoms with van der Waals surface area (Å²) in [4.78, 5) is 2.30. The van der Waals surface area contributed by atoms with Crippen LogP contribution in [0.5, 0.6) is 0 Å². The van der Waals surface area contributed by atoms with E-state index in [2.05, 4.69) is 24.1 Å². The van der Waals surface area contributed by atoms with Gasteiger partial charge in [-0.05, 0) is 32.0 Å². The lowest BCUT2D eigenvalue weighted by Gasteiger charge is -2.38. The second-order valence-corrected chi connectivity index (χ2v) is 5.06. The van der Waals surface area contributed by atoms with E-state index < -0.39 is 5.60 Å². The fourth-order valence-corrected chi connectivity index (χ4v) is 2.31. The Hall–Kier alpha value is -0.860. The van der Waals surface area contributed by atoms with E-state index in [1.807, 2.05) is 26.0 Å². The SMILES string of the molecule is CN1CC(c2ccccc2C(C)(C)O)C1. The highest BCUT2D eigenvalue weighted by Gasteiger charge is 2.30. The molecule has 0 atom stereocenters. The van der Waals surface area contributed by atoms with E-state index in [1.54, 1.807) is 0 Å². The monoisotopic (exact) mass is 205 g/mol. The lowest BCUT2D eigenvalue weighted by Crippen LogP contribution is -2.42. The zero-order valence-corrected chi connectivity index (χ0v) is 9.70. The number of nitrogens with zero attached hydrogens (tertiary/aromatic N) is 1. The lowest BCUT2D eigenvalue weighted by molar-refractivity contribution is 0.0751. The molecule has 0 aliphatic carbocycles. The number of likely N-dealkylation sites (N-methyl/N-ethyl adjacent to an activating group) is 1. The summed E-state index contributed by atoms with van der Waals surface area (Å²) in [6, 6.07) is 8.24. The minimum absolute atomic E-state index is 0.595. The van der Waals surface area contributed by atoms with Gasteiger partial charge in [0.15, 0.2) is 0 Å². The Kier molecular flexibility index (Phi) is 2.57. The summed E-state index contributed by atoms with van der Waals surface area (Å²) in [7, 11) is 2.13. The van der Waals surface area contributed by atoms with Gasteiger partial charge in [-0.1, -0.05) is 24.3 Å². The third-order valence-electron chi connectivity index (χ3n) is 3.12. The van der Waals surface area contributed by atoms with E-state index in [-0.39, 0.29) is 0 Å². The highest BCUT2D eigenvalue weighted by molar-refractivity contribution is 5.36. The van der Waals surface area contributed by atoms with Crippen LogP contribution in [0.3, 0.4) is 0 Å². The molecular weight excluding hydrogens is 186 g/mol. The molecule has 1 N–H and O–H groups in total. The molecule has 2 rings (SSSR count). The van der Waals surface area contributed by atoms with Crippen molar-refractivity contribution in [2.24, 2.45) is 0 Å². The number of benzene rings is 1. The van der Waals surface area contributed by atoms with Crippen LogP contribution >= 0.6 is 0 Å². The third kappa shape index (κ3) is 2.06. The Morgan fingerprint density at radius 2 is 1.87 bits per heavy atom. The Labute approximate surface area is 91.5 Å². The maximum absolute atomic E-state index is 10.1. The Morgan fingerprint density at radius 1 is 1.27 bits per heavy atom. The average molecular weight is 205 g/mol. The largest absolute Gasteiger partial charge is 0.386 e. The number of likely N-dealkylation sites (tertiary alicyclic amines) is 1. The van der Waals surface area contributed by atoms with Crippen LogP contribution in [0, 0.1) is 0 Å². The van der Waals surface area contributed by atoms with Crippen LogP contribution in [0.15, 0.2) is 24.3 Å². The fraction of sp³-hybridized carbons (Fsp3) is 0.538. The van der Waals surface area contributed by atoms with E-state index >= 15 is 0 Å². The van der Waals surface area contributed by atoms with Crippen molar-refractivity contribution in [2.75, 3.05) is 20.1 Å². The molecule has 1 aromatic rings. The van der Waals surface area contributed by atoms with E-state index in [9.17, 15) is 5.11 Å². The van der Waals surface area contributed by atoms with Crippen LogP contribution in [-0.4, -0.2) is 30.1 Å². The molecule has 0 unspecified atom stereocenters. The van der Waals surface area contributed by atoms with Crippen LogP contribution in [-0.2, 0) is 5.60 Å². The molecular formula is C13H19NO. The molecule has 0 saturated carbocycles. The summed E-state index contributed by atoms with van der Waals surface area (Å²) in [5, 5.41) is 10.1. The summed E-state index contributed by atoms with van der Waals surface area (Å²) in [5.74, 6) is 0.595. The predicted molar refractivity (Wildman–Crippen MR) is 61.9 cm³/mol. The zero-order chi connectivity index (χ0) is 11.1. The van der Waals surface area contributed by atoms with E-state index in [1.165, 1.54) is 5.56 Å². The molecule has 0 spiro atoms. The fourth-order valence-electron chi connectivity index (χ4n) is 2.31. The van der Waals surface area contributed by atoms with Gasteiger partial charge in [-0.2, -0.15) is 0 Å². The Morgan fingerprint density at radius 3 is 2.40 bits per heavy atom. The first kappa shape index (κ1) is 10.7. The molecule has 1 heterocycles. The molecule has 82 valence electrons. The predicted octanol–water partition coefficient (Wildman–Crippen LogP) is 1.94. The van der Waals surface area contributed by atoms with Crippen LogP contribution in [0.25, 0.3) is 0 Å². The summed E-state index contributed by atoms with van der Waals surface area (Å²) >= 11 is 0. The summed E-state index contributed by atoms with van der Waals surface area (Å²) < 4.78 is 0. The van der Waals surface area contributed by atoms with E-state index in [4.69, 9.17) is 0 Å². The van der Waals surface area contributed by atoms with Gasteiger partial charge in [0.1, 0.15) is 0 Å². The number of aliphatic hydroxyl groups is 1. The molecule has 0 radical (unpaired) electrons. The van der Waals surface area contributed by atoms with Gasteiger partial charge in [0.25, 0.3) is 0 Å². The van der Waals surface area contributed by atoms with Gasteiger partial charge in [-0.3, -0.25) is 0 Å². The highest BCUT2D eigenvalue weighted by atomic mass is 16.3. The second-order valence-electron chi connectivity index (χ2n) is 5.06. The highest BCUT2D eigenvalue weighted by Crippen LogP contribution is 2.33. The second kappa shape index (κ2) is 3.62. The third-order valence-corrected chi connectivity index (χ3v) is 3.12. The molecule has 2 heteroatoms.